The van der Waals surface area contributed by atoms with E-state index in [2.05, 4.69) is 34.3 Å². The lowest BCUT2D eigenvalue weighted by molar-refractivity contribution is 0.481. The molecule has 0 spiro atoms. The summed E-state index contributed by atoms with van der Waals surface area (Å²) in [4.78, 5) is 7.05. The quantitative estimate of drug-likeness (QED) is 0.845. The summed E-state index contributed by atoms with van der Waals surface area (Å²) >= 11 is 0. The molecule has 17 heavy (non-hydrogen) atoms. The van der Waals surface area contributed by atoms with Gasteiger partial charge in [-0.05, 0) is 56.8 Å². The zero-order valence-electron chi connectivity index (χ0n) is 10.5. The first-order valence-corrected chi connectivity index (χ1v) is 6.77. The highest BCUT2D eigenvalue weighted by atomic mass is 15.3. The van der Waals surface area contributed by atoms with Gasteiger partial charge in [-0.1, -0.05) is 0 Å². The van der Waals surface area contributed by atoms with E-state index in [-0.39, 0.29) is 0 Å². The maximum atomic E-state index is 4.54. The molecule has 2 fully saturated rings. The van der Waals surface area contributed by atoms with Gasteiger partial charge in [0, 0.05) is 24.8 Å². The number of hydrogen-bond donors (Lipinski definition) is 1. The molecular weight excluding hydrogens is 210 g/mol. The van der Waals surface area contributed by atoms with Crippen LogP contribution in [0.3, 0.4) is 0 Å². The lowest BCUT2D eigenvalue weighted by atomic mass is 10.0. The van der Waals surface area contributed by atoms with Crippen LogP contribution in [0.1, 0.15) is 31.2 Å². The Kier molecular flexibility index (Phi) is 3.02. The first-order chi connectivity index (χ1) is 8.34. The molecule has 3 heteroatoms. The average molecular weight is 231 g/mol. The van der Waals surface area contributed by atoms with Gasteiger partial charge in [-0.25, -0.2) is 4.98 Å². The molecular formula is C14H21N3. The van der Waals surface area contributed by atoms with E-state index in [0.29, 0.717) is 12.1 Å². The number of rotatable bonds is 2. The average Bonchev–Trinajstić information content (AvgIpc) is 3.00. The van der Waals surface area contributed by atoms with Crippen molar-refractivity contribution in [2.75, 3.05) is 18.0 Å². The van der Waals surface area contributed by atoms with E-state index in [1.807, 2.05) is 6.20 Å². The predicted molar refractivity (Wildman–Crippen MR) is 70.4 cm³/mol. The Hall–Kier alpha value is -1.09. The number of aryl methyl sites for hydroxylation is 1. The molecule has 3 nitrogen and oxygen atoms in total. The second kappa shape index (κ2) is 4.65. The Balaban J connectivity index is 1.81. The molecule has 1 aromatic rings. The molecule has 0 radical (unpaired) electrons. The van der Waals surface area contributed by atoms with Gasteiger partial charge in [0.1, 0.15) is 5.82 Å². The normalized spacial score (nSPS) is 28.9. The summed E-state index contributed by atoms with van der Waals surface area (Å²) in [7, 11) is 0. The van der Waals surface area contributed by atoms with Crippen molar-refractivity contribution in [3.63, 3.8) is 0 Å². The molecule has 2 aliphatic heterocycles. The molecule has 0 bridgehead atoms. The van der Waals surface area contributed by atoms with E-state index >= 15 is 0 Å². The third-order valence-electron chi connectivity index (χ3n) is 4.06. The van der Waals surface area contributed by atoms with Gasteiger partial charge in [0.15, 0.2) is 0 Å². The summed E-state index contributed by atoms with van der Waals surface area (Å²) < 4.78 is 0. The Morgan fingerprint density at radius 1 is 1.35 bits per heavy atom. The maximum Gasteiger partial charge on any atom is 0.129 e. The van der Waals surface area contributed by atoms with Gasteiger partial charge >= 0.3 is 0 Å². The van der Waals surface area contributed by atoms with Gasteiger partial charge < -0.3 is 10.2 Å². The van der Waals surface area contributed by atoms with Crippen LogP contribution in [-0.4, -0.2) is 30.2 Å². The van der Waals surface area contributed by atoms with E-state index in [9.17, 15) is 0 Å². The van der Waals surface area contributed by atoms with Crippen LogP contribution in [-0.2, 0) is 0 Å². The summed E-state index contributed by atoms with van der Waals surface area (Å²) in [6, 6.07) is 5.63. The molecule has 1 N–H and O–H groups in total. The fourth-order valence-electron chi connectivity index (χ4n) is 3.21. The monoisotopic (exact) mass is 231 g/mol. The minimum absolute atomic E-state index is 0.659. The molecule has 92 valence electrons. The van der Waals surface area contributed by atoms with Crippen molar-refractivity contribution in [2.45, 2.75) is 44.7 Å². The smallest absolute Gasteiger partial charge is 0.129 e. The zero-order chi connectivity index (χ0) is 11.7. The van der Waals surface area contributed by atoms with Crippen LogP contribution >= 0.6 is 0 Å². The summed E-state index contributed by atoms with van der Waals surface area (Å²) in [6.07, 6.45) is 7.21. The van der Waals surface area contributed by atoms with Gasteiger partial charge in [-0.15, -0.1) is 0 Å². The molecule has 2 aliphatic rings. The fraction of sp³-hybridized carbons (Fsp3) is 0.643. The molecule has 3 rings (SSSR count). The van der Waals surface area contributed by atoms with Gasteiger partial charge in [0.05, 0.1) is 0 Å². The number of pyridine rings is 1. The van der Waals surface area contributed by atoms with Crippen molar-refractivity contribution in [3.05, 3.63) is 23.9 Å². The van der Waals surface area contributed by atoms with E-state index in [0.717, 1.165) is 0 Å². The Morgan fingerprint density at radius 2 is 2.29 bits per heavy atom. The van der Waals surface area contributed by atoms with Gasteiger partial charge in [0.2, 0.25) is 0 Å². The van der Waals surface area contributed by atoms with Crippen molar-refractivity contribution < 1.29 is 0 Å². The van der Waals surface area contributed by atoms with Crippen molar-refractivity contribution in [1.29, 1.82) is 0 Å². The van der Waals surface area contributed by atoms with E-state index in [1.54, 1.807) is 0 Å². The maximum absolute atomic E-state index is 4.54. The molecule has 0 aliphatic carbocycles. The lowest BCUT2D eigenvalue weighted by Gasteiger charge is -2.30. The number of hydrogen-bond acceptors (Lipinski definition) is 3. The fourth-order valence-corrected chi connectivity index (χ4v) is 3.21. The highest BCUT2D eigenvalue weighted by Crippen LogP contribution is 2.28. The summed E-state index contributed by atoms with van der Waals surface area (Å²) in [5.41, 5.74) is 1.31. The number of nitrogens with zero attached hydrogens (tertiary/aromatic N) is 2. The molecule has 2 saturated heterocycles. The number of aromatic nitrogens is 1. The molecule has 0 saturated carbocycles. The predicted octanol–water partition coefficient (Wildman–Crippen LogP) is 2.11. The van der Waals surface area contributed by atoms with Crippen LogP contribution in [0.15, 0.2) is 18.3 Å². The molecule has 3 heterocycles. The molecule has 2 unspecified atom stereocenters. The Bertz CT molecular complexity index is 385. The molecule has 2 atom stereocenters. The second-order valence-corrected chi connectivity index (χ2v) is 5.30. The Morgan fingerprint density at radius 3 is 3.06 bits per heavy atom. The van der Waals surface area contributed by atoms with Crippen molar-refractivity contribution in [2.24, 2.45) is 0 Å². The first-order valence-electron chi connectivity index (χ1n) is 6.77. The standard InChI is InChI=1S/C14H21N3/c1-11-6-8-16-14(10-11)17-9-3-5-13(17)12-4-2-7-15-12/h6,8,10,12-13,15H,2-5,7,9H2,1H3. The van der Waals surface area contributed by atoms with Crippen molar-refractivity contribution in [3.8, 4) is 0 Å². The summed E-state index contributed by atoms with van der Waals surface area (Å²) in [5, 5.41) is 3.64. The first kappa shape index (κ1) is 11.0. The second-order valence-electron chi connectivity index (χ2n) is 5.30. The van der Waals surface area contributed by atoms with Crippen LogP contribution in [0.25, 0.3) is 0 Å². The van der Waals surface area contributed by atoms with Crippen LogP contribution in [0, 0.1) is 6.92 Å². The van der Waals surface area contributed by atoms with E-state index < -0.39 is 0 Å². The summed E-state index contributed by atoms with van der Waals surface area (Å²) in [5.74, 6) is 1.17. The molecule has 0 amide bonds. The minimum Gasteiger partial charge on any atom is -0.352 e. The third kappa shape index (κ3) is 2.16. The van der Waals surface area contributed by atoms with Gasteiger partial charge in [0.25, 0.3) is 0 Å². The topological polar surface area (TPSA) is 28.2 Å². The van der Waals surface area contributed by atoms with Crippen LogP contribution < -0.4 is 10.2 Å². The van der Waals surface area contributed by atoms with Crippen molar-refractivity contribution >= 4 is 5.82 Å². The zero-order valence-corrected chi connectivity index (χ0v) is 10.5. The van der Waals surface area contributed by atoms with E-state index in [4.69, 9.17) is 0 Å². The Labute approximate surface area is 103 Å². The number of anilines is 1. The minimum atomic E-state index is 0.659. The lowest BCUT2D eigenvalue weighted by Crippen LogP contribution is -2.44. The highest BCUT2D eigenvalue weighted by molar-refractivity contribution is 5.43. The van der Waals surface area contributed by atoms with E-state index in [1.165, 1.54) is 50.2 Å². The molecule has 0 aromatic carbocycles. The molecule has 1 aromatic heterocycles. The SMILES string of the molecule is Cc1ccnc(N2CCCC2C2CCCN2)c1. The van der Waals surface area contributed by atoms with Gasteiger partial charge in [-0.3, -0.25) is 0 Å². The van der Waals surface area contributed by atoms with Gasteiger partial charge in [-0.2, -0.15) is 0 Å². The van der Waals surface area contributed by atoms with Crippen LogP contribution in [0.2, 0.25) is 0 Å². The summed E-state index contributed by atoms with van der Waals surface area (Å²) in [6.45, 7) is 4.50. The largest absolute Gasteiger partial charge is 0.352 e. The number of nitrogens with one attached hydrogen (secondary N) is 1. The van der Waals surface area contributed by atoms with Crippen molar-refractivity contribution in [1.82, 2.24) is 10.3 Å². The third-order valence-corrected chi connectivity index (χ3v) is 4.06. The highest BCUT2D eigenvalue weighted by Gasteiger charge is 2.33. The van der Waals surface area contributed by atoms with Crippen LogP contribution in [0.4, 0.5) is 5.82 Å². The van der Waals surface area contributed by atoms with Crippen LogP contribution in [0.5, 0.6) is 0 Å².